The third-order valence-corrected chi connectivity index (χ3v) is 9.81. The number of anilines is 3. The Morgan fingerprint density at radius 1 is 1.11 bits per heavy atom. The van der Waals surface area contributed by atoms with Gasteiger partial charge in [-0.3, -0.25) is 9.59 Å². The van der Waals surface area contributed by atoms with Crippen LogP contribution >= 0.6 is 0 Å². The van der Waals surface area contributed by atoms with Gasteiger partial charge in [0.1, 0.15) is 23.9 Å². The number of nitrogens with one attached hydrogen (secondary N) is 1. The summed E-state index contributed by atoms with van der Waals surface area (Å²) in [4.78, 5) is 34.4. The van der Waals surface area contributed by atoms with Crippen molar-refractivity contribution in [2.75, 3.05) is 36.4 Å². The van der Waals surface area contributed by atoms with E-state index in [-0.39, 0.29) is 12.2 Å². The van der Waals surface area contributed by atoms with Gasteiger partial charge in [-0.25, -0.2) is 9.37 Å². The Morgan fingerprint density at radius 2 is 1.93 bits per heavy atom. The molecular formula is C36H41FN6O3. The van der Waals surface area contributed by atoms with Crippen molar-refractivity contribution in [1.82, 2.24) is 19.0 Å². The van der Waals surface area contributed by atoms with Crippen molar-refractivity contribution in [3.05, 3.63) is 93.0 Å². The fourth-order valence-corrected chi connectivity index (χ4v) is 7.27. The highest BCUT2D eigenvalue weighted by atomic mass is 19.1. The summed E-state index contributed by atoms with van der Waals surface area (Å²) in [6.07, 6.45) is 8.23. The van der Waals surface area contributed by atoms with Crippen molar-refractivity contribution in [1.29, 1.82) is 0 Å². The molecule has 240 valence electrons. The first-order valence-electron chi connectivity index (χ1n) is 16.3. The molecular weight excluding hydrogens is 583 g/mol. The molecule has 3 aliphatic rings. The van der Waals surface area contributed by atoms with Gasteiger partial charge in [0.25, 0.3) is 5.56 Å². The van der Waals surface area contributed by atoms with Gasteiger partial charge in [-0.1, -0.05) is 13.0 Å². The lowest BCUT2D eigenvalue weighted by Gasteiger charge is -2.38. The second-order valence-electron chi connectivity index (χ2n) is 12.8. The van der Waals surface area contributed by atoms with E-state index in [0.717, 1.165) is 39.0 Å². The Bertz CT molecular complexity index is 1840. The molecule has 7 rings (SSSR count). The smallest absolute Gasteiger partial charge is 0.302 e. The molecule has 1 aromatic carbocycles. The number of carbonyl (C=O) groups is 1. The normalized spacial score (nSPS) is 16.5. The zero-order chi connectivity index (χ0) is 31.9. The fraction of sp³-hybridized carbons (Fsp3) is 0.417. The van der Waals surface area contributed by atoms with Crippen LogP contribution in [-0.4, -0.2) is 51.2 Å². The van der Waals surface area contributed by atoms with Crippen LogP contribution in [0.15, 0.2) is 53.6 Å². The van der Waals surface area contributed by atoms with Gasteiger partial charge in [-0.15, -0.1) is 0 Å². The van der Waals surface area contributed by atoms with Crippen molar-refractivity contribution in [2.45, 2.75) is 65.1 Å². The largest absolute Gasteiger partial charge is 0.461 e. The van der Waals surface area contributed by atoms with Gasteiger partial charge >= 0.3 is 5.97 Å². The summed E-state index contributed by atoms with van der Waals surface area (Å²) in [5.41, 5.74) is 8.00. The predicted octanol–water partition coefficient (Wildman–Crippen LogP) is 5.51. The average molecular weight is 625 g/mol. The molecule has 1 aliphatic carbocycles. The number of likely N-dealkylation sites (tertiary alicyclic amines) is 1. The minimum Gasteiger partial charge on any atom is -0.461 e. The van der Waals surface area contributed by atoms with Crippen molar-refractivity contribution < 1.29 is 13.9 Å². The van der Waals surface area contributed by atoms with Crippen molar-refractivity contribution >= 4 is 23.2 Å². The second-order valence-corrected chi connectivity index (χ2v) is 12.8. The number of pyridine rings is 2. The van der Waals surface area contributed by atoms with Crippen LogP contribution in [0.3, 0.4) is 0 Å². The lowest BCUT2D eigenvalue weighted by atomic mass is 9.93. The fourth-order valence-electron chi connectivity index (χ4n) is 7.27. The molecule has 0 bridgehead atoms. The molecule has 46 heavy (non-hydrogen) atoms. The van der Waals surface area contributed by atoms with Gasteiger partial charge in [0, 0.05) is 86.7 Å². The van der Waals surface area contributed by atoms with E-state index in [1.54, 1.807) is 19.3 Å². The van der Waals surface area contributed by atoms with Gasteiger partial charge in [0.2, 0.25) is 0 Å². The van der Waals surface area contributed by atoms with E-state index in [1.807, 2.05) is 12.3 Å². The molecule has 0 atom stereocenters. The summed E-state index contributed by atoms with van der Waals surface area (Å²) in [5.74, 6) is 0.229. The number of esters is 1. The molecule has 0 amide bonds. The van der Waals surface area contributed by atoms with E-state index in [4.69, 9.17) is 4.74 Å². The van der Waals surface area contributed by atoms with E-state index >= 15 is 4.39 Å². The Labute approximate surface area is 268 Å². The Hall–Kier alpha value is -4.44. The standard InChI is InChI=1S/C36H41FN6O3/c1-4-41-19-27(20-41)25-9-10-35(38-17-25)39-32-14-26(18-40(3)36(32)45)30-15-28(37)16-34(31(30)22-46-23(2)44)42-11-12-43-29(21-42)13-24-7-5-6-8-33(24)43/h9-10,13-18,27H,4-8,11-12,19-22H2,1-3H3,(H,38,39). The molecule has 5 heterocycles. The van der Waals surface area contributed by atoms with Gasteiger partial charge in [-0.05, 0) is 79.3 Å². The molecule has 9 nitrogen and oxygen atoms in total. The van der Waals surface area contributed by atoms with E-state index in [9.17, 15) is 9.59 Å². The number of nitrogens with zero attached hydrogens (tertiary/aromatic N) is 5. The van der Waals surface area contributed by atoms with E-state index in [2.05, 4.69) is 43.7 Å². The van der Waals surface area contributed by atoms with Crippen molar-refractivity contribution in [2.24, 2.45) is 7.05 Å². The minimum absolute atomic E-state index is 0.0143. The highest BCUT2D eigenvalue weighted by Gasteiger charge is 2.28. The van der Waals surface area contributed by atoms with E-state index in [1.165, 1.54) is 59.0 Å². The van der Waals surface area contributed by atoms with E-state index < -0.39 is 11.8 Å². The third-order valence-electron chi connectivity index (χ3n) is 9.81. The number of aromatic nitrogens is 3. The first kappa shape index (κ1) is 30.2. The van der Waals surface area contributed by atoms with Gasteiger partial charge < -0.3 is 29.0 Å². The molecule has 1 fully saturated rings. The van der Waals surface area contributed by atoms with Gasteiger partial charge in [0.15, 0.2) is 0 Å². The molecule has 1 saturated heterocycles. The summed E-state index contributed by atoms with van der Waals surface area (Å²) in [5, 5.41) is 3.20. The maximum atomic E-state index is 15.5. The number of fused-ring (bicyclic) bond motifs is 3. The summed E-state index contributed by atoms with van der Waals surface area (Å²) >= 11 is 0. The number of rotatable bonds is 8. The molecule has 4 aromatic rings. The zero-order valence-electron chi connectivity index (χ0n) is 26.8. The lowest BCUT2D eigenvalue weighted by Crippen LogP contribution is -2.44. The van der Waals surface area contributed by atoms with Crippen LogP contribution in [0.2, 0.25) is 0 Å². The van der Waals surface area contributed by atoms with Crippen LogP contribution in [0.4, 0.5) is 21.6 Å². The number of carbonyl (C=O) groups excluding carboxylic acids is 1. The number of likely N-dealkylation sites (N-methyl/N-ethyl adjacent to an activating group) is 1. The van der Waals surface area contributed by atoms with Crippen molar-refractivity contribution in [3.63, 3.8) is 0 Å². The Kier molecular flexibility index (Phi) is 8.15. The number of hydrogen-bond acceptors (Lipinski definition) is 7. The molecule has 0 saturated carbocycles. The molecule has 0 unspecified atom stereocenters. The predicted molar refractivity (Wildman–Crippen MR) is 177 cm³/mol. The van der Waals surface area contributed by atoms with Crippen LogP contribution in [0.1, 0.15) is 60.7 Å². The van der Waals surface area contributed by atoms with E-state index in [0.29, 0.717) is 52.9 Å². The summed E-state index contributed by atoms with van der Waals surface area (Å²) in [7, 11) is 1.68. The van der Waals surface area contributed by atoms with Crippen molar-refractivity contribution in [3.8, 4) is 11.1 Å². The maximum absolute atomic E-state index is 15.5. The number of aryl methyl sites for hydroxylation is 2. The van der Waals surface area contributed by atoms with Crippen LogP contribution < -0.4 is 15.8 Å². The number of halogens is 1. The maximum Gasteiger partial charge on any atom is 0.302 e. The van der Waals surface area contributed by atoms with Gasteiger partial charge in [-0.2, -0.15) is 0 Å². The SMILES string of the molecule is CCN1CC(c2ccc(Nc3cc(-c4cc(F)cc(N5CCn6c(cc7c6CCCC7)C5)c4COC(C)=O)cn(C)c3=O)nc2)C1. The summed E-state index contributed by atoms with van der Waals surface area (Å²) < 4.78 is 25.0. The monoisotopic (exact) mass is 624 g/mol. The molecule has 0 spiro atoms. The molecule has 0 radical (unpaired) electrons. The molecule has 1 N–H and O–H groups in total. The number of benzene rings is 1. The third kappa shape index (κ3) is 5.82. The molecule has 2 aliphatic heterocycles. The first-order valence-corrected chi connectivity index (χ1v) is 16.3. The molecule has 10 heteroatoms. The highest BCUT2D eigenvalue weighted by molar-refractivity contribution is 5.77. The van der Waals surface area contributed by atoms with Gasteiger partial charge in [0.05, 0.1) is 6.54 Å². The number of hydrogen-bond donors (Lipinski definition) is 1. The summed E-state index contributed by atoms with van der Waals surface area (Å²) in [6.45, 7) is 8.81. The number of ether oxygens (including phenoxy) is 1. The second kappa shape index (κ2) is 12.4. The summed E-state index contributed by atoms with van der Waals surface area (Å²) in [6, 6.07) is 11.0. The zero-order valence-corrected chi connectivity index (χ0v) is 26.8. The first-order chi connectivity index (χ1) is 22.3. The Balaban J connectivity index is 1.22. The van der Waals surface area contributed by atoms with Crippen LogP contribution in [0.25, 0.3) is 11.1 Å². The molecule has 3 aromatic heterocycles. The van der Waals surface area contributed by atoms with Crippen LogP contribution in [0, 0.1) is 5.82 Å². The topological polar surface area (TPSA) is 84.6 Å². The lowest BCUT2D eigenvalue weighted by molar-refractivity contribution is -0.142. The average Bonchev–Trinajstić information content (AvgIpc) is 3.40. The highest BCUT2D eigenvalue weighted by Crippen LogP contribution is 2.37. The minimum atomic E-state index is -0.414. The van der Waals surface area contributed by atoms with Crippen LogP contribution in [0.5, 0.6) is 0 Å². The van der Waals surface area contributed by atoms with Crippen LogP contribution in [-0.2, 0) is 49.1 Å². The quantitative estimate of drug-likeness (QED) is 0.259. The Morgan fingerprint density at radius 3 is 2.70 bits per heavy atom.